The monoisotopic (exact) mass is 266 g/mol. The van der Waals surface area contributed by atoms with Crippen molar-refractivity contribution in [2.24, 2.45) is 0 Å². The summed E-state index contributed by atoms with van der Waals surface area (Å²) in [4.78, 5) is 2.36. The maximum atomic E-state index is 3.65. The van der Waals surface area contributed by atoms with Crippen molar-refractivity contribution in [3.8, 4) is 0 Å². The van der Waals surface area contributed by atoms with Crippen molar-refractivity contribution in [2.75, 3.05) is 25.0 Å². The molecule has 0 spiro atoms. The van der Waals surface area contributed by atoms with Gasteiger partial charge < -0.3 is 10.2 Å². The minimum absolute atomic E-state index is 0.421. The number of hydrogen-bond acceptors (Lipinski definition) is 2. The van der Waals surface area contributed by atoms with E-state index in [1.807, 2.05) is 0 Å². The second kappa shape index (κ2) is 5.68. The Kier molecular flexibility index (Phi) is 3.75. The predicted molar refractivity (Wildman–Crippen MR) is 85.3 cm³/mol. The first-order chi connectivity index (χ1) is 9.75. The number of hydrogen-bond donors (Lipinski definition) is 1. The third-order valence-electron chi connectivity index (χ3n) is 4.20. The Morgan fingerprint density at radius 2 is 1.85 bits per heavy atom. The quantitative estimate of drug-likeness (QED) is 0.917. The van der Waals surface area contributed by atoms with Crippen LogP contribution >= 0.6 is 0 Å². The molecule has 20 heavy (non-hydrogen) atoms. The van der Waals surface area contributed by atoms with Crippen molar-refractivity contribution in [1.29, 1.82) is 0 Å². The van der Waals surface area contributed by atoms with Crippen LogP contribution in [-0.2, 0) is 6.42 Å². The number of benzene rings is 2. The molecule has 1 aliphatic heterocycles. The molecular formula is C18H22N2. The number of aryl methyl sites for hydroxylation is 1. The maximum absolute atomic E-state index is 3.65. The van der Waals surface area contributed by atoms with Gasteiger partial charge in [-0.25, -0.2) is 0 Å². The molecule has 0 aromatic heterocycles. The van der Waals surface area contributed by atoms with Crippen LogP contribution in [0.15, 0.2) is 48.5 Å². The predicted octanol–water partition coefficient (Wildman–Crippen LogP) is 3.32. The van der Waals surface area contributed by atoms with E-state index in [0.29, 0.717) is 6.04 Å². The SMILES string of the molecule is Cc1ccccc1N(C)CC1NCCc2ccccc21. The number of nitrogens with zero attached hydrogens (tertiary/aromatic N) is 1. The molecule has 0 fully saturated rings. The fraction of sp³-hybridized carbons (Fsp3) is 0.333. The van der Waals surface area contributed by atoms with Crippen LogP contribution in [0.4, 0.5) is 5.69 Å². The lowest BCUT2D eigenvalue weighted by Crippen LogP contribution is -2.37. The van der Waals surface area contributed by atoms with Crippen LogP contribution in [-0.4, -0.2) is 20.1 Å². The summed E-state index contributed by atoms with van der Waals surface area (Å²) in [5, 5.41) is 3.65. The molecule has 0 saturated heterocycles. The van der Waals surface area contributed by atoms with E-state index in [9.17, 15) is 0 Å². The van der Waals surface area contributed by atoms with E-state index in [4.69, 9.17) is 0 Å². The first-order valence-corrected chi connectivity index (χ1v) is 7.33. The number of likely N-dealkylation sites (N-methyl/N-ethyl adjacent to an activating group) is 1. The molecule has 2 aromatic carbocycles. The molecule has 1 atom stereocenters. The van der Waals surface area contributed by atoms with E-state index in [2.05, 4.69) is 72.7 Å². The Bertz CT molecular complexity index is 591. The molecule has 1 unspecified atom stereocenters. The van der Waals surface area contributed by atoms with Gasteiger partial charge in [-0.1, -0.05) is 42.5 Å². The Hall–Kier alpha value is -1.80. The van der Waals surface area contributed by atoms with Crippen molar-refractivity contribution in [3.63, 3.8) is 0 Å². The highest BCUT2D eigenvalue weighted by molar-refractivity contribution is 5.52. The van der Waals surface area contributed by atoms with E-state index >= 15 is 0 Å². The van der Waals surface area contributed by atoms with Gasteiger partial charge in [0.15, 0.2) is 0 Å². The zero-order valence-electron chi connectivity index (χ0n) is 12.3. The van der Waals surface area contributed by atoms with E-state index in [1.165, 1.54) is 22.4 Å². The molecule has 0 amide bonds. The van der Waals surface area contributed by atoms with Gasteiger partial charge in [-0.05, 0) is 42.6 Å². The van der Waals surface area contributed by atoms with Crippen molar-refractivity contribution in [3.05, 3.63) is 65.2 Å². The number of nitrogens with one attached hydrogen (secondary N) is 1. The summed E-state index contributed by atoms with van der Waals surface area (Å²) >= 11 is 0. The minimum Gasteiger partial charge on any atom is -0.372 e. The summed E-state index contributed by atoms with van der Waals surface area (Å²) in [7, 11) is 2.18. The smallest absolute Gasteiger partial charge is 0.0500 e. The van der Waals surface area contributed by atoms with Gasteiger partial charge in [-0.3, -0.25) is 0 Å². The zero-order valence-corrected chi connectivity index (χ0v) is 12.3. The number of para-hydroxylation sites is 1. The van der Waals surface area contributed by atoms with Crippen LogP contribution in [0.25, 0.3) is 0 Å². The molecule has 0 aliphatic carbocycles. The summed E-state index contributed by atoms with van der Waals surface area (Å²) in [5.41, 5.74) is 5.60. The highest BCUT2D eigenvalue weighted by atomic mass is 15.1. The highest BCUT2D eigenvalue weighted by Crippen LogP contribution is 2.26. The van der Waals surface area contributed by atoms with Gasteiger partial charge in [0.2, 0.25) is 0 Å². The molecule has 0 radical (unpaired) electrons. The van der Waals surface area contributed by atoms with E-state index in [1.54, 1.807) is 0 Å². The van der Waals surface area contributed by atoms with Crippen LogP contribution in [0, 0.1) is 6.92 Å². The molecule has 1 N–H and O–H groups in total. The zero-order chi connectivity index (χ0) is 13.9. The second-order valence-corrected chi connectivity index (χ2v) is 5.62. The molecule has 2 aromatic rings. The third kappa shape index (κ3) is 2.56. The van der Waals surface area contributed by atoms with Gasteiger partial charge in [0, 0.05) is 19.3 Å². The topological polar surface area (TPSA) is 15.3 Å². The number of fused-ring (bicyclic) bond motifs is 1. The normalized spacial score (nSPS) is 17.6. The fourth-order valence-corrected chi connectivity index (χ4v) is 3.12. The van der Waals surface area contributed by atoms with Gasteiger partial charge in [0.1, 0.15) is 0 Å². The summed E-state index contributed by atoms with van der Waals surface area (Å²) in [6.07, 6.45) is 1.14. The lowest BCUT2D eigenvalue weighted by Gasteiger charge is -2.32. The fourth-order valence-electron chi connectivity index (χ4n) is 3.12. The molecule has 1 heterocycles. The summed E-state index contributed by atoms with van der Waals surface area (Å²) in [6.45, 7) is 4.25. The lowest BCUT2D eigenvalue weighted by atomic mass is 9.94. The average Bonchev–Trinajstić information content (AvgIpc) is 2.48. The highest BCUT2D eigenvalue weighted by Gasteiger charge is 2.20. The Morgan fingerprint density at radius 1 is 1.10 bits per heavy atom. The van der Waals surface area contributed by atoms with Gasteiger partial charge in [-0.2, -0.15) is 0 Å². The summed E-state index contributed by atoms with van der Waals surface area (Å²) in [6, 6.07) is 17.8. The standard InChI is InChI=1S/C18H22N2/c1-14-7-3-6-10-18(14)20(2)13-17-16-9-5-4-8-15(16)11-12-19-17/h3-10,17,19H,11-13H2,1-2H3. The third-order valence-corrected chi connectivity index (χ3v) is 4.20. The average molecular weight is 266 g/mol. The van der Waals surface area contributed by atoms with Gasteiger partial charge in [0.25, 0.3) is 0 Å². The second-order valence-electron chi connectivity index (χ2n) is 5.62. The van der Waals surface area contributed by atoms with Crippen molar-refractivity contribution in [2.45, 2.75) is 19.4 Å². The van der Waals surface area contributed by atoms with E-state index < -0.39 is 0 Å². The number of rotatable bonds is 3. The first-order valence-electron chi connectivity index (χ1n) is 7.33. The van der Waals surface area contributed by atoms with Crippen molar-refractivity contribution in [1.82, 2.24) is 5.32 Å². The van der Waals surface area contributed by atoms with E-state index in [0.717, 1.165) is 19.5 Å². The number of anilines is 1. The van der Waals surface area contributed by atoms with Crippen LogP contribution in [0.2, 0.25) is 0 Å². The van der Waals surface area contributed by atoms with Crippen LogP contribution < -0.4 is 10.2 Å². The molecular weight excluding hydrogens is 244 g/mol. The van der Waals surface area contributed by atoms with Crippen molar-refractivity contribution < 1.29 is 0 Å². The van der Waals surface area contributed by atoms with E-state index in [-0.39, 0.29) is 0 Å². The molecule has 0 saturated carbocycles. The van der Waals surface area contributed by atoms with Crippen LogP contribution in [0.5, 0.6) is 0 Å². The van der Waals surface area contributed by atoms with Gasteiger partial charge >= 0.3 is 0 Å². The lowest BCUT2D eigenvalue weighted by molar-refractivity contribution is 0.504. The van der Waals surface area contributed by atoms with Crippen molar-refractivity contribution >= 4 is 5.69 Å². The molecule has 2 heteroatoms. The molecule has 0 bridgehead atoms. The van der Waals surface area contributed by atoms with Gasteiger partial charge in [-0.15, -0.1) is 0 Å². The Morgan fingerprint density at radius 3 is 2.70 bits per heavy atom. The Labute approximate surface area is 121 Å². The summed E-state index contributed by atoms with van der Waals surface area (Å²) in [5.74, 6) is 0. The largest absolute Gasteiger partial charge is 0.372 e. The maximum Gasteiger partial charge on any atom is 0.0500 e. The first kappa shape index (κ1) is 13.2. The van der Waals surface area contributed by atoms with Crippen LogP contribution in [0.1, 0.15) is 22.7 Å². The Balaban J connectivity index is 1.81. The molecule has 2 nitrogen and oxygen atoms in total. The molecule has 1 aliphatic rings. The van der Waals surface area contributed by atoms with Gasteiger partial charge in [0.05, 0.1) is 6.04 Å². The molecule has 3 rings (SSSR count). The summed E-state index contributed by atoms with van der Waals surface area (Å²) < 4.78 is 0. The van der Waals surface area contributed by atoms with Crippen LogP contribution in [0.3, 0.4) is 0 Å². The molecule has 104 valence electrons. The minimum atomic E-state index is 0.421.